The van der Waals surface area contributed by atoms with Crippen LogP contribution in [0, 0.1) is 0 Å². The van der Waals surface area contributed by atoms with Crippen LogP contribution in [0.25, 0.3) is 0 Å². The average Bonchev–Trinajstić information content (AvgIpc) is 2.54. The van der Waals surface area contributed by atoms with Crippen LogP contribution in [0.4, 0.5) is 0 Å². The summed E-state index contributed by atoms with van der Waals surface area (Å²) in [6.07, 6.45) is 2.26. The van der Waals surface area contributed by atoms with E-state index in [0.717, 1.165) is 23.4 Å². The molecular formula is C16H21N3O2. The first kappa shape index (κ1) is 15.3. The van der Waals surface area contributed by atoms with Gasteiger partial charge in [0.2, 0.25) is 5.88 Å². The lowest BCUT2D eigenvalue weighted by Crippen LogP contribution is -2.20. The van der Waals surface area contributed by atoms with E-state index in [2.05, 4.69) is 21.4 Å². The zero-order valence-corrected chi connectivity index (χ0v) is 12.7. The molecule has 5 heteroatoms. The number of methoxy groups -OCH3 is 1. The highest BCUT2D eigenvalue weighted by Gasteiger charge is 2.16. The van der Waals surface area contributed by atoms with E-state index < -0.39 is 0 Å². The number of ether oxygens (including phenoxy) is 2. The summed E-state index contributed by atoms with van der Waals surface area (Å²) in [5, 5.41) is 3.32. The summed E-state index contributed by atoms with van der Waals surface area (Å²) >= 11 is 0. The van der Waals surface area contributed by atoms with Gasteiger partial charge in [0, 0.05) is 29.8 Å². The third kappa shape index (κ3) is 3.92. The molecule has 5 nitrogen and oxygen atoms in total. The van der Waals surface area contributed by atoms with Crippen LogP contribution in [-0.2, 0) is 6.42 Å². The van der Waals surface area contributed by atoms with Gasteiger partial charge in [-0.15, -0.1) is 0 Å². The van der Waals surface area contributed by atoms with Crippen molar-refractivity contribution in [2.24, 2.45) is 0 Å². The van der Waals surface area contributed by atoms with Crippen molar-refractivity contribution in [2.75, 3.05) is 20.8 Å². The predicted octanol–water partition coefficient (Wildman–Crippen LogP) is 2.39. The number of hydrogen-bond donors (Lipinski definition) is 1. The lowest BCUT2D eigenvalue weighted by atomic mass is 10.0. The summed E-state index contributed by atoms with van der Waals surface area (Å²) in [7, 11) is 3.54. The molecule has 1 N–H and O–H groups in total. The SMILES string of the molecule is CCOc1ccccc1C(Cc1cc(OC)ncn1)NC. The molecule has 2 aromatic rings. The number of para-hydroxylation sites is 1. The number of hydrogen-bond acceptors (Lipinski definition) is 5. The van der Waals surface area contributed by atoms with Crippen molar-refractivity contribution < 1.29 is 9.47 Å². The number of rotatable bonds is 7. The monoisotopic (exact) mass is 287 g/mol. The van der Waals surface area contributed by atoms with Crippen LogP contribution in [0.15, 0.2) is 36.7 Å². The summed E-state index contributed by atoms with van der Waals surface area (Å²) in [6, 6.07) is 10.0. The Labute approximate surface area is 125 Å². The normalized spacial score (nSPS) is 12.0. The van der Waals surface area contributed by atoms with E-state index in [4.69, 9.17) is 9.47 Å². The van der Waals surface area contributed by atoms with Gasteiger partial charge in [-0.3, -0.25) is 0 Å². The minimum absolute atomic E-state index is 0.118. The first-order valence-corrected chi connectivity index (χ1v) is 7.02. The molecule has 0 bridgehead atoms. The molecule has 0 aliphatic carbocycles. The number of nitrogens with zero attached hydrogens (tertiary/aromatic N) is 2. The fraction of sp³-hybridized carbons (Fsp3) is 0.375. The van der Waals surface area contributed by atoms with Gasteiger partial charge in [-0.05, 0) is 20.0 Å². The van der Waals surface area contributed by atoms with E-state index in [0.29, 0.717) is 12.5 Å². The zero-order valence-electron chi connectivity index (χ0n) is 12.7. The van der Waals surface area contributed by atoms with E-state index in [1.165, 1.54) is 6.33 Å². The summed E-state index contributed by atoms with van der Waals surface area (Å²) in [5.74, 6) is 1.48. The lowest BCUT2D eigenvalue weighted by Gasteiger charge is -2.19. The van der Waals surface area contributed by atoms with Crippen LogP contribution in [0.2, 0.25) is 0 Å². The quantitative estimate of drug-likeness (QED) is 0.847. The summed E-state index contributed by atoms with van der Waals surface area (Å²) < 4.78 is 10.8. The molecule has 0 saturated carbocycles. The minimum atomic E-state index is 0.118. The molecule has 2 rings (SSSR count). The number of likely N-dealkylation sites (N-methyl/N-ethyl adjacent to an activating group) is 1. The molecule has 0 aliphatic rings. The van der Waals surface area contributed by atoms with Gasteiger partial charge in [-0.1, -0.05) is 18.2 Å². The molecule has 21 heavy (non-hydrogen) atoms. The molecule has 0 aliphatic heterocycles. The van der Waals surface area contributed by atoms with Crippen molar-refractivity contribution >= 4 is 0 Å². The van der Waals surface area contributed by atoms with Gasteiger partial charge in [0.25, 0.3) is 0 Å². The average molecular weight is 287 g/mol. The van der Waals surface area contributed by atoms with E-state index in [1.54, 1.807) is 7.11 Å². The molecule has 1 aromatic carbocycles. The maximum Gasteiger partial charge on any atom is 0.216 e. The second-order valence-electron chi connectivity index (χ2n) is 4.57. The number of aromatic nitrogens is 2. The molecule has 0 amide bonds. The molecule has 0 fully saturated rings. The molecule has 1 heterocycles. The highest BCUT2D eigenvalue weighted by Crippen LogP contribution is 2.27. The van der Waals surface area contributed by atoms with Gasteiger partial charge >= 0.3 is 0 Å². The van der Waals surface area contributed by atoms with Gasteiger partial charge in [-0.25, -0.2) is 9.97 Å². The third-order valence-electron chi connectivity index (χ3n) is 3.26. The van der Waals surface area contributed by atoms with Gasteiger partial charge in [0.15, 0.2) is 0 Å². The molecule has 1 unspecified atom stereocenters. The maximum absolute atomic E-state index is 5.70. The Balaban J connectivity index is 2.23. The molecule has 0 spiro atoms. The van der Waals surface area contributed by atoms with Crippen LogP contribution < -0.4 is 14.8 Å². The van der Waals surface area contributed by atoms with Crippen molar-refractivity contribution in [2.45, 2.75) is 19.4 Å². The Morgan fingerprint density at radius 2 is 2.05 bits per heavy atom. The summed E-state index contributed by atoms with van der Waals surface area (Å²) in [5.41, 5.74) is 2.05. The second-order valence-corrected chi connectivity index (χ2v) is 4.57. The van der Waals surface area contributed by atoms with E-state index >= 15 is 0 Å². The highest BCUT2D eigenvalue weighted by molar-refractivity contribution is 5.36. The second kappa shape index (κ2) is 7.59. The van der Waals surface area contributed by atoms with Gasteiger partial charge in [-0.2, -0.15) is 0 Å². The van der Waals surface area contributed by atoms with Crippen molar-refractivity contribution in [3.05, 3.63) is 47.9 Å². The lowest BCUT2D eigenvalue weighted by molar-refractivity contribution is 0.332. The molecule has 1 aromatic heterocycles. The van der Waals surface area contributed by atoms with Crippen molar-refractivity contribution in [3.8, 4) is 11.6 Å². The van der Waals surface area contributed by atoms with Gasteiger partial charge < -0.3 is 14.8 Å². The van der Waals surface area contributed by atoms with Crippen LogP contribution in [-0.4, -0.2) is 30.7 Å². The fourth-order valence-corrected chi connectivity index (χ4v) is 2.23. The van der Waals surface area contributed by atoms with Crippen LogP contribution in [0.5, 0.6) is 11.6 Å². The molecular weight excluding hydrogens is 266 g/mol. The molecule has 0 radical (unpaired) electrons. The smallest absolute Gasteiger partial charge is 0.216 e. The largest absolute Gasteiger partial charge is 0.494 e. The minimum Gasteiger partial charge on any atom is -0.494 e. The van der Waals surface area contributed by atoms with E-state index in [9.17, 15) is 0 Å². The summed E-state index contributed by atoms with van der Waals surface area (Å²) in [6.45, 7) is 2.63. The Morgan fingerprint density at radius 1 is 1.24 bits per heavy atom. The maximum atomic E-state index is 5.70. The van der Waals surface area contributed by atoms with Gasteiger partial charge in [0.05, 0.1) is 13.7 Å². The van der Waals surface area contributed by atoms with E-state index in [1.807, 2.05) is 38.2 Å². The number of benzene rings is 1. The molecule has 0 saturated heterocycles. The van der Waals surface area contributed by atoms with Crippen LogP contribution in [0.3, 0.4) is 0 Å². The Hall–Kier alpha value is -2.14. The standard InChI is InChI=1S/C16H21N3O2/c1-4-21-15-8-6-5-7-13(15)14(17-2)9-12-10-16(20-3)19-11-18-12/h5-8,10-11,14,17H,4,9H2,1-3H3. The topological polar surface area (TPSA) is 56.3 Å². The highest BCUT2D eigenvalue weighted by atomic mass is 16.5. The zero-order chi connectivity index (χ0) is 15.1. The van der Waals surface area contributed by atoms with Gasteiger partial charge in [0.1, 0.15) is 12.1 Å². The van der Waals surface area contributed by atoms with Crippen molar-refractivity contribution in [3.63, 3.8) is 0 Å². The summed E-state index contributed by atoms with van der Waals surface area (Å²) in [4.78, 5) is 8.34. The Bertz CT molecular complexity index is 575. The first-order chi connectivity index (χ1) is 10.3. The molecule has 1 atom stereocenters. The Morgan fingerprint density at radius 3 is 2.76 bits per heavy atom. The number of nitrogens with one attached hydrogen (secondary N) is 1. The Kier molecular flexibility index (Phi) is 5.51. The van der Waals surface area contributed by atoms with Crippen LogP contribution in [0.1, 0.15) is 24.2 Å². The van der Waals surface area contributed by atoms with Crippen LogP contribution >= 0.6 is 0 Å². The molecule has 112 valence electrons. The van der Waals surface area contributed by atoms with Crippen molar-refractivity contribution in [1.29, 1.82) is 0 Å². The van der Waals surface area contributed by atoms with Crippen molar-refractivity contribution in [1.82, 2.24) is 15.3 Å². The third-order valence-corrected chi connectivity index (χ3v) is 3.26. The first-order valence-electron chi connectivity index (χ1n) is 7.02. The fourth-order valence-electron chi connectivity index (χ4n) is 2.23. The predicted molar refractivity (Wildman–Crippen MR) is 81.7 cm³/mol. The van der Waals surface area contributed by atoms with E-state index in [-0.39, 0.29) is 6.04 Å².